The summed E-state index contributed by atoms with van der Waals surface area (Å²) < 4.78 is 15.9. The molecule has 0 unspecified atom stereocenters. The Balaban J connectivity index is 1.54. The van der Waals surface area contributed by atoms with E-state index >= 15 is 0 Å². The summed E-state index contributed by atoms with van der Waals surface area (Å²) in [4.78, 5) is 4.59. The Bertz CT molecular complexity index is 1040. The molecule has 0 saturated carbocycles. The third kappa shape index (κ3) is 3.57. The summed E-state index contributed by atoms with van der Waals surface area (Å²) in [5, 5.41) is 15.2. The van der Waals surface area contributed by atoms with Crippen molar-refractivity contribution >= 4 is 22.6 Å². The molecule has 4 rings (SSSR count). The van der Waals surface area contributed by atoms with Crippen molar-refractivity contribution < 1.29 is 14.2 Å². The van der Waals surface area contributed by atoms with E-state index in [1.54, 1.807) is 13.3 Å². The van der Waals surface area contributed by atoms with E-state index in [-0.39, 0.29) is 6.79 Å². The lowest BCUT2D eigenvalue weighted by Crippen LogP contribution is -1.92. The zero-order valence-corrected chi connectivity index (χ0v) is 15.2. The Hall–Kier alpha value is -3.50. The molecule has 6 nitrogen and oxygen atoms in total. The van der Waals surface area contributed by atoms with Crippen LogP contribution in [-0.2, 0) is 0 Å². The van der Waals surface area contributed by atoms with Crippen LogP contribution in [0.25, 0.3) is 16.8 Å². The van der Waals surface area contributed by atoms with Crippen LogP contribution in [0.2, 0.25) is 0 Å². The number of benzene rings is 2. The Morgan fingerprint density at radius 2 is 2.04 bits per heavy atom. The Kier molecular flexibility index (Phi) is 4.64. The van der Waals surface area contributed by atoms with Gasteiger partial charge in [-0.05, 0) is 42.5 Å². The monoisotopic (exact) mass is 377 g/mol. The molecule has 1 aliphatic heterocycles. The zero-order chi connectivity index (χ0) is 18.6. The van der Waals surface area contributed by atoms with E-state index in [0.29, 0.717) is 16.3 Å². The molecular formula is C20H15N3O3S. The van der Waals surface area contributed by atoms with E-state index < -0.39 is 0 Å². The lowest BCUT2D eigenvalue weighted by Gasteiger charge is -2.03. The maximum atomic E-state index is 9.50. The summed E-state index contributed by atoms with van der Waals surface area (Å²) in [5.74, 6) is 2.22. The number of thiazole rings is 1. The molecule has 0 bridgehead atoms. The first-order chi connectivity index (χ1) is 13.3. The van der Waals surface area contributed by atoms with Gasteiger partial charge in [0, 0.05) is 22.8 Å². The van der Waals surface area contributed by atoms with Crippen LogP contribution in [0.5, 0.6) is 17.2 Å². The van der Waals surface area contributed by atoms with Crippen LogP contribution < -0.4 is 19.5 Å². The number of nitrogens with one attached hydrogen (secondary N) is 1. The molecule has 0 fully saturated rings. The first kappa shape index (κ1) is 16.9. The highest BCUT2D eigenvalue weighted by Gasteiger charge is 2.15. The first-order valence-corrected chi connectivity index (χ1v) is 9.01. The third-order valence-electron chi connectivity index (χ3n) is 4.00. The molecule has 1 aliphatic rings. The van der Waals surface area contributed by atoms with Crippen LogP contribution in [0.1, 0.15) is 5.01 Å². The van der Waals surface area contributed by atoms with Gasteiger partial charge in [0.15, 0.2) is 11.5 Å². The van der Waals surface area contributed by atoms with Gasteiger partial charge in [-0.3, -0.25) is 0 Å². The summed E-state index contributed by atoms with van der Waals surface area (Å²) in [6.45, 7) is 0.236. The summed E-state index contributed by atoms with van der Waals surface area (Å²) in [7, 11) is 1.62. The van der Waals surface area contributed by atoms with Crippen molar-refractivity contribution in [3.63, 3.8) is 0 Å². The molecule has 0 aliphatic carbocycles. The lowest BCUT2D eigenvalue weighted by molar-refractivity contribution is 0.174. The molecule has 0 radical (unpaired) electrons. The van der Waals surface area contributed by atoms with E-state index in [2.05, 4.69) is 16.4 Å². The minimum absolute atomic E-state index is 0.236. The van der Waals surface area contributed by atoms with E-state index in [4.69, 9.17) is 14.2 Å². The van der Waals surface area contributed by atoms with E-state index in [9.17, 15) is 5.26 Å². The average Bonchev–Trinajstić information content (AvgIpc) is 3.38. The minimum atomic E-state index is 0.236. The highest BCUT2D eigenvalue weighted by molar-refractivity contribution is 7.11. The Morgan fingerprint density at radius 3 is 2.81 bits per heavy atom. The van der Waals surface area contributed by atoms with Gasteiger partial charge in [0.1, 0.15) is 22.4 Å². The average molecular weight is 377 g/mol. The van der Waals surface area contributed by atoms with Crippen molar-refractivity contribution in [2.75, 3.05) is 19.2 Å². The quantitative estimate of drug-likeness (QED) is 0.659. The molecule has 2 heterocycles. The van der Waals surface area contributed by atoms with Crippen LogP contribution in [0.4, 0.5) is 5.69 Å². The molecule has 0 atom stereocenters. The predicted octanol–water partition coefficient (Wildman–Crippen LogP) is 4.52. The fourth-order valence-corrected chi connectivity index (χ4v) is 3.37. The molecule has 7 heteroatoms. The second kappa shape index (κ2) is 7.40. The molecule has 134 valence electrons. The third-order valence-corrected chi connectivity index (χ3v) is 4.87. The van der Waals surface area contributed by atoms with Gasteiger partial charge in [-0.2, -0.15) is 5.26 Å². The van der Waals surface area contributed by atoms with E-state index in [1.165, 1.54) is 11.3 Å². The molecule has 2 aromatic carbocycles. The largest absolute Gasteiger partial charge is 0.497 e. The smallest absolute Gasteiger partial charge is 0.231 e. The molecule has 1 aromatic heterocycles. The molecule has 0 amide bonds. The zero-order valence-electron chi connectivity index (χ0n) is 14.4. The van der Waals surface area contributed by atoms with Gasteiger partial charge >= 0.3 is 0 Å². The fraction of sp³-hybridized carbons (Fsp3) is 0.100. The number of anilines is 1. The molecule has 0 saturated heterocycles. The topological polar surface area (TPSA) is 76.4 Å². The second-order valence-electron chi connectivity index (χ2n) is 5.65. The highest BCUT2D eigenvalue weighted by atomic mass is 32.1. The summed E-state index contributed by atoms with van der Waals surface area (Å²) in [6.07, 6.45) is 1.66. The highest BCUT2D eigenvalue weighted by Crippen LogP contribution is 2.36. The van der Waals surface area contributed by atoms with Gasteiger partial charge in [0.25, 0.3) is 0 Å². The number of ether oxygens (including phenoxy) is 3. The number of rotatable bonds is 5. The molecular weight excluding hydrogens is 362 g/mol. The number of methoxy groups -OCH3 is 1. The number of fused-ring (bicyclic) bond motifs is 1. The van der Waals surface area contributed by atoms with Gasteiger partial charge in [-0.15, -0.1) is 11.3 Å². The van der Waals surface area contributed by atoms with Crippen LogP contribution in [0, 0.1) is 11.3 Å². The number of nitrogens with zero attached hydrogens (tertiary/aromatic N) is 2. The Morgan fingerprint density at radius 1 is 1.22 bits per heavy atom. The maximum absolute atomic E-state index is 9.50. The van der Waals surface area contributed by atoms with E-state index in [0.717, 1.165) is 28.4 Å². The van der Waals surface area contributed by atoms with Crippen LogP contribution in [0.15, 0.2) is 54.0 Å². The SMILES string of the molecule is COc1ccc(N/C=C(\C#N)c2nc(-c3ccc4c(c3)OCO4)cs2)cc1. The molecule has 3 aromatic rings. The minimum Gasteiger partial charge on any atom is -0.497 e. The molecule has 0 spiro atoms. The van der Waals surface area contributed by atoms with Gasteiger partial charge in [-0.25, -0.2) is 4.98 Å². The van der Waals surface area contributed by atoms with Crippen molar-refractivity contribution in [2.24, 2.45) is 0 Å². The summed E-state index contributed by atoms with van der Waals surface area (Å²) >= 11 is 1.42. The summed E-state index contributed by atoms with van der Waals surface area (Å²) in [5.41, 5.74) is 3.03. The number of hydrogen-bond acceptors (Lipinski definition) is 7. The molecule has 1 N–H and O–H groups in total. The number of aromatic nitrogens is 1. The van der Waals surface area contributed by atoms with Crippen LogP contribution in [0.3, 0.4) is 0 Å². The van der Waals surface area contributed by atoms with Crippen molar-refractivity contribution in [1.82, 2.24) is 4.98 Å². The maximum Gasteiger partial charge on any atom is 0.231 e. The number of nitriles is 1. The van der Waals surface area contributed by atoms with Gasteiger partial charge in [-0.1, -0.05) is 0 Å². The van der Waals surface area contributed by atoms with Crippen LogP contribution in [-0.4, -0.2) is 18.9 Å². The van der Waals surface area contributed by atoms with Gasteiger partial charge in [0.05, 0.1) is 12.8 Å². The van der Waals surface area contributed by atoms with Crippen molar-refractivity contribution in [2.45, 2.75) is 0 Å². The van der Waals surface area contributed by atoms with Crippen LogP contribution >= 0.6 is 11.3 Å². The Labute approximate surface area is 160 Å². The number of hydrogen-bond donors (Lipinski definition) is 1. The van der Waals surface area contributed by atoms with Gasteiger partial charge in [0.2, 0.25) is 6.79 Å². The van der Waals surface area contributed by atoms with Gasteiger partial charge < -0.3 is 19.5 Å². The van der Waals surface area contributed by atoms with Crippen molar-refractivity contribution in [1.29, 1.82) is 5.26 Å². The van der Waals surface area contributed by atoms with E-state index in [1.807, 2.05) is 47.8 Å². The standard InChI is InChI=1S/C20H15N3O3S/c1-24-16-5-3-15(4-6-16)22-10-14(9-21)20-23-17(11-27-20)13-2-7-18-19(8-13)26-12-25-18/h2-8,10-11,22H,12H2,1H3/b14-10+. The normalized spacial score (nSPS) is 12.5. The predicted molar refractivity (Wildman–Crippen MR) is 104 cm³/mol. The van der Waals surface area contributed by atoms with Crippen molar-refractivity contribution in [3.8, 4) is 34.6 Å². The first-order valence-electron chi connectivity index (χ1n) is 8.13. The summed E-state index contributed by atoms with van der Waals surface area (Å²) in [6, 6.07) is 15.3. The molecule has 27 heavy (non-hydrogen) atoms. The number of allylic oxidation sites excluding steroid dienone is 1. The van der Waals surface area contributed by atoms with Crippen molar-refractivity contribution in [3.05, 3.63) is 59.1 Å². The fourth-order valence-electron chi connectivity index (χ4n) is 2.57. The second-order valence-corrected chi connectivity index (χ2v) is 6.51. The lowest BCUT2D eigenvalue weighted by atomic mass is 10.1.